The van der Waals surface area contributed by atoms with Gasteiger partial charge in [-0.25, -0.2) is 0 Å². The minimum Gasteiger partial charge on any atom is -0.507 e. The predicted molar refractivity (Wildman–Crippen MR) is 90.0 cm³/mol. The number of hydrogen-bond donors (Lipinski definition) is 1. The Kier molecular flexibility index (Phi) is 5.39. The summed E-state index contributed by atoms with van der Waals surface area (Å²) < 4.78 is 4.56. The van der Waals surface area contributed by atoms with Crippen LogP contribution in [-0.2, 0) is 20.4 Å². The molecular formula is C18H27NO3. The van der Waals surface area contributed by atoms with Gasteiger partial charge in [0.1, 0.15) is 12.3 Å². The molecule has 0 unspecified atom stereocenters. The molecule has 0 radical (unpaired) electrons. The van der Waals surface area contributed by atoms with Gasteiger partial charge in [-0.2, -0.15) is 0 Å². The fourth-order valence-electron chi connectivity index (χ4n) is 2.04. The number of hydrogen-bond acceptors (Lipinski definition) is 4. The third-order valence-electron chi connectivity index (χ3n) is 3.49. The molecule has 0 bridgehead atoms. The SMILES string of the molecule is COC(=O)CN=Cc1cc(C(C)(C)C)cc(C(C)(C)C)c1O. The minimum atomic E-state index is -0.404. The molecule has 122 valence electrons. The summed E-state index contributed by atoms with van der Waals surface area (Å²) >= 11 is 0. The molecule has 0 aliphatic heterocycles. The van der Waals surface area contributed by atoms with Gasteiger partial charge in [-0.05, 0) is 22.5 Å². The predicted octanol–water partition coefficient (Wildman–Crippen LogP) is 3.58. The van der Waals surface area contributed by atoms with Crippen molar-refractivity contribution in [3.8, 4) is 5.75 Å². The highest BCUT2D eigenvalue weighted by Crippen LogP contribution is 2.37. The number of phenolic OH excluding ortho intramolecular Hbond substituents is 1. The molecule has 0 atom stereocenters. The number of aromatic hydroxyl groups is 1. The molecule has 22 heavy (non-hydrogen) atoms. The summed E-state index contributed by atoms with van der Waals surface area (Å²) in [6.07, 6.45) is 1.54. The maximum absolute atomic E-state index is 11.1. The Balaban J connectivity index is 3.34. The van der Waals surface area contributed by atoms with Crippen LogP contribution in [0.2, 0.25) is 0 Å². The summed E-state index contributed by atoms with van der Waals surface area (Å²) in [5, 5.41) is 10.5. The number of nitrogens with zero attached hydrogens (tertiary/aromatic N) is 1. The van der Waals surface area contributed by atoms with E-state index in [1.807, 2.05) is 12.1 Å². The zero-order valence-electron chi connectivity index (χ0n) is 14.7. The Hall–Kier alpha value is -1.84. The molecule has 0 aliphatic carbocycles. The first kappa shape index (κ1) is 18.2. The Morgan fingerprint density at radius 1 is 1.18 bits per heavy atom. The molecule has 0 amide bonds. The van der Waals surface area contributed by atoms with Gasteiger partial charge in [0.25, 0.3) is 0 Å². The molecule has 1 rings (SSSR count). The lowest BCUT2D eigenvalue weighted by molar-refractivity contribution is -0.138. The summed E-state index contributed by atoms with van der Waals surface area (Å²) in [4.78, 5) is 15.2. The van der Waals surface area contributed by atoms with Crippen molar-refractivity contribution < 1.29 is 14.6 Å². The van der Waals surface area contributed by atoms with Crippen LogP contribution in [0.1, 0.15) is 58.2 Å². The van der Waals surface area contributed by atoms with Crippen molar-refractivity contribution in [1.82, 2.24) is 0 Å². The second-order valence-corrected chi connectivity index (χ2v) is 7.51. The topological polar surface area (TPSA) is 58.9 Å². The van der Waals surface area contributed by atoms with Gasteiger partial charge in [0.2, 0.25) is 0 Å². The zero-order valence-corrected chi connectivity index (χ0v) is 14.7. The molecule has 4 heteroatoms. The van der Waals surface area contributed by atoms with Crippen LogP contribution in [0.3, 0.4) is 0 Å². The summed E-state index contributed by atoms with van der Waals surface area (Å²) in [7, 11) is 1.33. The maximum atomic E-state index is 11.1. The quantitative estimate of drug-likeness (QED) is 0.686. The third kappa shape index (κ3) is 4.58. The number of methoxy groups -OCH3 is 1. The molecule has 0 aliphatic rings. The van der Waals surface area contributed by atoms with Gasteiger partial charge in [0, 0.05) is 17.3 Å². The van der Waals surface area contributed by atoms with Gasteiger partial charge in [-0.15, -0.1) is 0 Å². The standard InChI is InChI=1S/C18H27NO3/c1-17(2,3)13-8-12(10-19-11-15(20)22-7)16(21)14(9-13)18(4,5)6/h8-10,21H,11H2,1-7H3. The number of esters is 1. The van der Waals surface area contributed by atoms with Crippen molar-refractivity contribution in [2.24, 2.45) is 4.99 Å². The van der Waals surface area contributed by atoms with E-state index < -0.39 is 5.97 Å². The number of carbonyl (C=O) groups is 1. The lowest BCUT2D eigenvalue weighted by Crippen LogP contribution is -2.17. The second-order valence-electron chi connectivity index (χ2n) is 7.51. The van der Waals surface area contributed by atoms with E-state index in [1.165, 1.54) is 13.3 Å². The highest BCUT2D eigenvalue weighted by Gasteiger charge is 2.24. The van der Waals surface area contributed by atoms with Crippen molar-refractivity contribution in [2.45, 2.75) is 52.4 Å². The van der Waals surface area contributed by atoms with Gasteiger partial charge in [-0.3, -0.25) is 9.79 Å². The number of benzene rings is 1. The second kappa shape index (κ2) is 6.51. The van der Waals surface area contributed by atoms with Crippen LogP contribution >= 0.6 is 0 Å². The molecule has 0 spiro atoms. The molecule has 1 N–H and O–H groups in total. The van der Waals surface area contributed by atoms with E-state index in [2.05, 4.69) is 51.3 Å². The maximum Gasteiger partial charge on any atom is 0.327 e. The van der Waals surface area contributed by atoms with E-state index in [1.54, 1.807) is 0 Å². The first-order valence-corrected chi connectivity index (χ1v) is 7.41. The van der Waals surface area contributed by atoms with Crippen LogP contribution in [-0.4, -0.2) is 30.9 Å². The van der Waals surface area contributed by atoms with E-state index in [0.717, 1.165) is 11.1 Å². The zero-order chi connectivity index (χ0) is 17.1. The third-order valence-corrected chi connectivity index (χ3v) is 3.49. The van der Waals surface area contributed by atoms with Crippen molar-refractivity contribution in [3.05, 3.63) is 28.8 Å². The van der Waals surface area contributed by atoms with Gasteiger partial charge < -0.3 is 9.84 Å². The summed E-state index contributed by atoms with van der Waals surface area (Å²) in [5.74, 6) is -0.187. The number of rotatable bonds is 3. The number of aliphatic imine (C=N–C) groups is 1. The first-order valence-electron chi connectivity index (χ1n) is 7.41. The number of carbonyl (C=O) groups excluding carboxylic acids is 1. The summed E-state index contributed by atoms with van der Waals surface area (Å²) in [6.45, 7) is 12.5. The van der Waals surface area contributed by atoms with Crippen LogP contribution in [0.15, 0.2) is 17.1 Å². The molecule has 0 aromatic heterocycles. The lowest BCUT2D eigenvalue weighted by atomic mass is 9.79. The molecule has 0 fully saturated rings. The normalized spacial score (nSPS) is 12.7. The monoisotopic (exact) mass is 305 g/mol. The Morgan fingerprint density at radius 2 is 1.77 bits per heavy atom. The summed E-state index contributed by atoms with van der Waals surface area (Å²) in [6, 6.07) is 3.97. The van der Waals surface area contributed by atoms with Crippen molar-refractivity contribution >= 4 is 12.2 Å². The van der Waals surface area contributed by atoms with Gasteiger partial charge in [0.05, 0.1) is 7.11 Å². The van der Waals surface area contributed by atoms with Crippen LogP contribution < -0.4 is 0 Å². The largest absolute Gasteiger partial charge is 0.507 e. The van der Waals surface area contributed by atoms with Gasteiger partial charge in [0.15, 0.2) is 0 Å². The van der Waals surface area contributed by atoms with Crippen molar-refractivity contribution in [2.75, 3.05) is 13.7 Å². The molecule has 1 aromatic carbocycles. The van der Waals surface area contributed by atoms with E-state index in [0.29, 0.717) is 5.56 Å². The minimum absolute atomic E-state index is 0.0430. The molecule has 0 saturated carbocycles. The van der Waals surface area contributed by atoms with Crippen molar-refractivity contribution in [3.63, 3.8) is 0 Å². The fourth-order valence-corrected chi connectivity index (χ4v) is 2.04. The van der Waals surface area contributed by atoms with Crippen LogP contribution in [0.5, 0.6) is 5.75 Å². The molecule has 4 nitrogen and oxygen atoms in total. The highest BCUT2D eigenvalue weighted by molar-refractivity contribution is 5.86. The average molecular weight is 305 g/mol. The van der Waals surface area contributed by atoms with E-state index >= 15 is 0 Å². The Labute approximate surface area is 133 Å². The molecule has 0 heterocycles. The Morgan fingerprint density at radius 3 is 2.23 bits per heavy atom. The van der Waals surface area contributed by atoms with Crippen molar-refractivity contribution in [1.29, 1.82) is 0 Å². The number of phenols is 1. The van der Waals surface area contributed by atoms with Crippen LogP contribution in [0.4, 0.5) is 0 Å². The first-order chi connectivity index (χ1) is 9.96. The van der Waals surface area contributed by atoms with E-state index in [-0.39, 0.29) is 23.1 Å². The molecule has 0 saturated heterocycles. The Bertz CT molecular complexity index is 575. The lowest BCUT2D eigenvalue weighted by Gasteiger charge is -2.26. The molecular weight excluding hydrogens is 278 g/mol. The smallest absolute Gasteiger partial charge is 0.327 e. The number of ether oxygens (including phenoxy) is 1. The average Bonchev–Trinajstić information content (AvgIpc) is 2.37. The van der Waals surface area contributed by atoms with Crippen LogP contribution in [0, 0.1) is 0 Å². The van der Waals surface area contributed by atoms with Crippen LogP contribution in [0.25, 0.3) is 0 Å². The van der Waals surface area contributed by atoms with Gasteiger partial charge >= 0.3 is 5.97 Å². The highest BCUT2D eigenvalue weighted by atomic mass is 16.5. The fraction of sp³-hybridized carbons (Fsp3) is 0.556. The van der Waals surface area contributed by atoms with E-state index in [9.17, 15) is 9.90 Å². The van der Waals surface area contributed by atoms with Gasteiger partial charge in [-0.1, -0.05) is 47.6 Å². The summed E-state index contributed by atoms with van der Waals surface area (Å²) in [5.41, 5.74) is 2.39. The van der Waals surface area contributed by atoms with E-state index in [4.69, 9.17) is 0 Å². The molecule has 1 aromatic rings.